The number of para-hydroxylation sites is 2. The lowest BCUT2D eigenvalue weighted by atomic mass is 10.2. The third-order valence-electron chi connectivity index (χ3n) is 4.20. The van der Waals surface area contributed by atoms with E-state index in [0.29, 0.717) is 11.4 Å². The van der Waals surface area contributed by atoms with Gasteiger partial charge in [-0.1, -0.05) is 30.3 Å². The standard InChI is InChI=1S/C23H21FN2O3/c1-17(27)26(22-10-6-5-9-21(22)24)16-15-23(28)25-18-11-13-20(14-12-18)29-19-7-3-2-4-8-19/h2-14H,15-16H2,1H3,(H,25,28). The number of rotatable bonds is 7. The van der Waals surface area contributed by atoms with Gasteiger partial charge in [0.15, 0.2) is 0 Å². The van der Waals surface area contributed by atoms with Crippen LogP contribution < -0.4 is 15.0 Å². The highest BCUT2D eigenvalue weighted by Gasteiger charge is 2.16. The fraction of sp³-hybridized carbons (Fsp3) is 0.130. The molecular formula is C23H21FN2O3. The molecule has 0 saturated heterocycles. The van der Waals surface area contributed by atoms with Gasteiger partial charge in [-0.3, -0.25) is 9.59 Å². The van der Waals surface area contributed by atoms with E-state index >= 15 is 0 Å². The van der Waals surface area contributed by atoms with Gasteiger partial charge in [0, 0.05) is 25.6 Å². The maximum Gasteiger partial charge on any atom is 0.226 e. The second-order valence-corrected chi connectivity index (χ2v) is 6.36. The lowest BCUT2D eigenvalue weighted by Gasteiger charge is -2.21. The van der Waals surface area contributed by atoms with Crippen molar-refractivity contribution in [2.45, 2.75) is 13.3 Å². The highest BCUT2D eigenvalue weighted by Crippen LogP contribution is 2.23. The van der Waals surface area contributed by atoms with Gasteiger partial charge in [0.2, 0.25) is 11.8 Å². The van der Waals surface area contributed by atoms with Gasteiger partial charge in [-0.2, -0.15) is 0 Å². The Hall–Kier alpha value is -3.67. The van der Waals surface area contributed by atoms with E-state index in [0.717, 1.165) is 5.75 Å². The van der Waals surface area contributed by atoms with Crippen molar-refractivity contribution >= 4 is 23.2 Å². The first-order valence-electron chi connectivity index (χ1n) is 9.18. The molecule has 0 atom stereocenters. The number of benzene rings is 3. The molecule has 0 aliphatic carbocycles. The van der Waals surface area contributed by atoms with Crippen molar-refractivity contribution < 1.29 is 18.7 Å². The number of nitrogens with zero attached hydrogens (tertiary/aromatic N) is 1. The monoisotopic (exact) mass is 392 g/mol. The molecule has 0 fully saturated rings. The average Bonchev–Trinajstić information content (AvgIpc) is 2.71. The molecule has 0 saturated carbocycles. The first kappa shape index (κ1) is 20.1. The van der Waals surface area contributed by atoms with Crippen LogP contribution in [0.4, 0.5) is 15.8 Å². The molecule has 0 aliphatic heterocycles. The van der Waals surface area contributed by atoms with Gasteiger partial charge in [-0.15, -0.1) is 0 Å². The molecular weight excluding hydrogens is 371 g/mol. The number of amides is 2. The summed E-state index contributed by atoms with van der Waals surface area (Å²) >= 11 is 0. The Balaban J connectivity index is 1.56. The molecule has 2 amide bonds. The number of nitrogens with one attached hydrogen (secondary N) is 1. The quantitative estimate of drug-likeness (QED) is 0.616. The maximum atomic E-state index is 14.0. The Morgan fingerprint density at radius 2 is 1.52 bits per heavy atom. The van der Waals surface area contributed by atoms with Crippen LogP contribution in [0.3, 0.4) is 0 Å². The average molecular weight is 392 g/mol. The van der Waals surface area contributed by atoms with Crippen LogP contribution in [0.25, 0.3) is 0 Å². The molecule has 0 aliphatic rings. The molecule has 6 heteroatoms. The van der Waals surface area contributed by atoms with Crippen molar-refractivity contribution in [2.24, 2.45) is 0 Å². The number of carbonyl (C=O) groups excluding carboxylic acids is 2. The highest BCUT2D eigenvalue weighted by molar-refractivity contribution is 5.94. The van der Waals surface area contributed by atoms with Crippen molar-refractivity contribution in [3.63, 3.8) is 0 Å². The SMILES string of the molecule is CC(=O)N(CCC(=O)Nc1ccc(Oc2ccccc2)cc1)c1ccccc1F. The largest absolute Gasteiger partial charge is 0.457 e. The molecule has 3 rings (SSSR count). The predicted molar refractivity (Wildman–Crippen MR) is 111 cm³/mol. The molecule has 148 valence electrons. The van der Waals surface area contributed by atoms with E-state index in [1.54, 1.807) is 36.4 Å². The van der Waals surface area contributed by atoms with Crippen molar-refractivity contribution in [3.05, 3.63) is 84.7 Å². The van der Waals surface area contributed by atoms with Gasteiger partial charge in [-0.25, -0.2) is 4.39 Å². The van der Waals surface area contributed by atoms with E-state index in [2.05, 4.69) is 5.32 Å². The minimum Gasteiger partial charge on any atom is -0.457 e. The first-order valence-corrected chi connectivity index (χ1v) is 9.18. The molecule has 3 aromatic carbocycles. The molecule has 0 bridgehead atoms. The molecule has 29 heavy (non-hydrogen) atoms. The second-order valence-electron chi connectivity index (χ2n) is 6.36. The smallest absolute Gasteiger partial charge is 0.226 e. The normalized spacial score (nSPS) is 10.3. The van der Waals surface area contributed by atoms with E-state index in [1.165, 1.54) is 24.0 Å². The molecule has 0 radical (unpaired) electrons. The fourth-order valence-corrected chi connectivity index (χ4v) is 2.79. The van der Waals surface area contributed by atoms with Crippen LogP contribution in [0, 0.1) is 5.82 Å². The van der Waals surface area contributed by atoms with Crippen LogP contribution in [-0.4, -0.2) is 18.4 Å². The zero-order valence-electron chi connectivity index (χ0n) is 16.0. The van der Waals surface area contributed by atoms with Crippen molar-refractivity contribution in [1.82, 2.24) is 0 Å². The van der Waals surface area contributed by atoms with Crippen LogP contribution in [0.2, 0.25) is 0 Å². The Morgan fingerprint density at radius 1 is 0.897 bits per heavy atom. The lowest BCUT2D eigenvalue weighted by Crippen LogP contribution is -2.32. The summed E-state index contributed by atoms with van der Waals surface area (Å²) < 4.78 is 19.7. The summed E-state index contributed by atoms with van der Waals surface area (Å²) in [4.78, 5) is 25.4. The third kappa shape index (κ3) is 5.65. The van der Waals surface area contributed by atoms with Gasteiger partial charge >= 0.3 is 0 Å². The number of ether oxygens (including phenoxy) is 1. The van der Waals surface area contributed by atoms with Crippen molar-refractivity contribution in [2.75, 3.05) is 16.8 Å². The number of anilines is 2. The summed E-state index contributed by atoms with van der Waals surface area (Å²) in [5, 5.41) is 2.77. The Morgan fingerprint density at radius 3 is 2.17 bits per heavy atom. The molecule has 3 aromatic rings. The Kier molecular flexibility index (Phi) is 6.58. The van der Waals surface area contributed by atoms with Crippen LogP contribution in [0.5, 0.6) is 11.5 Å². The predicted octanol–water partition coefficient (Wildman–Crippen LogP) is 5.00. The second kappa shape index (κ2) is 9.50. The Bertz CT molecular complexity index is 975. The van der Waals surface area contributed by atoms with Gasteiger partial charge in [0.1, 0.15) is 17.3 Å². The van der Waals surface area contributed by atoms with Crippen molar-refractivity contribution in [3.8, 4) is 11.5 Å². The zero-order chi connectivity index (χ0) is 20.6. The minimum atomic E-state index is -0.503. The van der Waals surface area contributed by atoms with Crippen LogP contribution in [0.1, 0.15) is 13.3 Å². The van der Waals surface area contributed by atoms with Crippen LogP contribution in [0.15, 0.2) is 78.9 Å². The van der Waals surface area contributed by atoms with Crippen molar-refractivity contribution in [1.29, 1.82) is 0 Å². The number of halogens is 1. The van der Waals surface area contributed by atoms with E-state index in [1.807, 2.05) is 30.3 Å². The summed E-state index contributed by atoms with van der Waals surface area (Å²) in [6.45, 7) is 1.42. The summed E-state index contributed by atoms with van der Waals surface area (Å²) in [6.07, 6.45) is 0.0379. The third-order valence-corrected chi connectivity index (χ3v) is 4.20. The lowest BCUT2D eigenvalue weighted by molar-refractivity contribution is -0.117. The van der Waals surface area contributed by atoms with E-state index in [9.17, 15) is 14.0 Å². The minimum absolute atomic E-state index is 0.0379. The highest BCUT2D eigenvalue weighted by atomic mass is 19.1. The van der Waals surface area contributed by atoms with Gasteiger partial charge in [0.25, 0.3) is 0 Å². The van der Waals surface area contributed by atoms with Gasteiger partial charge < -0.3 is 15.0 Å². The fourth-order valence-electron chi connectivity index (χ4n) is 2.79. The molecule has 1 N–H and O–H groups in total. The zero-order valence-corrected chi connectivity index (χ0v) is 16.0. The van der Waals surface area contributed by atoms with E-state index < -0.39 is 5.82 Å². The van der Waals surface area contributed by atoms with E-state index in [4.69, 9.17) is 4.74 Å². The summed E-state index contributed by atoms with van der Waals surface area (Å²) in [5.74, 6) is 0.269. The number of hydrogen-bond donors (Lipinski definition) is 1. The van der Waals surface area contributed by atoms with E-state index in [-0.39, 0.29) is 30.5 Å². The number of hydrogen-bond acceptors (Lipinski definition) is 3. The molecule has 0 spiro atoms. The van der Waals surface area contributed by atoms with Gasteiger partial charge in [0.05, 0.1) is 5.69 Å². The van der Waals surface area contributed by atoms with Crippen LogP contribution >= 0.6 is 0 Å². The molecule has 0 heterocycles. The summed E-state index contributed by atoms with van der Waals surface area (Å²) in [5.41, 5.74) is 0.769. The first-order chi connectivity index (χ1) is 14.0. The topological polar surface area (TPSA) is 58.6 Å². The maximum absolute atomic E-state index is 14.0. The summed E-state index contributed by atoms with van der Waals surface area (Å²) in [7, 11) is 0. The molecule has 0 unspecified atom stereocenters. The molecule has 0 aromatic heterocycles. The molecule has 5 nitrogen and oxygen atoms in total. The number of carbonyl (C=O) groups is 2. The Labute approximate surface area is 168 Å². The van der Waals surface area contributed by atoms with Crippen LogP contribution in [-0.2, 0) is 9.59 Å². The van der Waals surface area contributed by atoms with Gasteiger partial charge in [-0.05, 0) is 48.5 Å². The summed E-state index contributed by atoms with van der Waals surface area (Å²) in [6, 6.07) is 22.3.